The second kappa shape index (κ2) is 10.5. The van der Waals surface area contributed by atoms with Gasteiger partial charge in [-0.3, -0.25) is 14.9 Å². The van der Waals surface area contributed by atoms with Gasteiger partial charge in [0.25, 0.3) is 5.69 Å². The number of nitro benzene ring substituents is 1. The molecule has 2 saturated heterocycles. The van der Waals surface area contributed by atoms with E-state index in [9.17, 15) is 14.9 Å². The fraction of sp³-hybridized carbons (Fsp3) is 0.560. The number of rotatable bonds is 7. The van der Waals surface area contributed by atoms with Crippen molar-refractivity contribution in [1.82, 2.24) is 14.9 Å². The molecule has 4 rings (SSSR count). The van der Waals surface area contributed by atoms with Gasteiger partial charge in [-0.2, -0.15) is 0 Å². The fourth-order valence-corrected chi connectivity index (χ4v) is 4.54. The van der Waals surface area contributed by atoms with Crippen LogP contribution in [0.2, 0.25) is 0 Å². The number of ether oxygens (including phenoxy) is 1. The van der Waals surface area contributed by atoms with Gasteiger partial charge in [0.05, 0.1) is 17.4 Å². The standard InChI is InChI=1S/C25H33N5O4/c1-4-17(2)23-26-18(3)22(15-19-5-7-21(8-6-19)30(32)33)24(27-23)28-10-12-29(13-11-28)25(31)20-9-14-34-16-20/h5-8,17,20H,4,9-16H2,1-3H3/t17-,20-/m0/s1. The van der Waals surface area contributed by atoms with E-state index in [-0.39, 0.29) is 28.4 Å². The van der Waals surface area contributed by atoms with E-state index >= 15 is 0 Å². The van der Waals surface area contributed by atoms with Gasteiger partial charge in [0.15, 0.2) is 0 Å². The third kappa shape index (κ3) is 5.19. The van der Waals surface area contributed by atoms with E-state index < -0.39 is 0 Å². The summed E-state index contributed by atoms with van der Waals surface area (Å²) in [6.07, 6.45) is 2.35. The predicted octanol–water partition coefficient (Wildman–Crippen LogP) is 3.48. The largest absolute Gasteiger partial charge is 0.381 e. The van der Waals surface area contributed by atoms with Crippen molar-refractivity contribution in [2.75, 3.05) is 44.3 Å². The maximum atomic E-state index is 12.8. The Morgan fingerprint density at radius 2 is 1.91 bits per heavy atom. The molecule has 0 aliphatic carbocycles. The molecule has 0 spiro atoms. The molecule has 34 heavy (non-hydrogen) atoms. The van der Waals surface area contributed by atoms with Crippen molar-refractivity contribution < 1.29 is 14.5 Å². The number of aryl methyl sites for hydroxylation is 1. The van der Waals surface area contributed by atoms with Crippen molar-refractivity contribution in [2.24, 2.45) is 5.92 Å². The molecule has 0 bridgehead atoms. The summed E-state index contributed by atoms with van der Waals surface area (Å²) in [5.74, 6) is 2.18. The van der Waals surface area contributed by atoms with Gasteiger partial charge in [0.2, 0.25) is 5.91 Å². The van der Waals surface area contributed by atoms with Crippen LogP contribution in [0.15, 0.2) is 24.3 Å². The lowest BCUT2D eigenvalue weighted by Crippen LogP contribution is -2.51. The summed E-state index contributed by atoms with van der Waals surface area (Å²) in [7, 11) is 0. The zero-order valence-corrected chi connectivity index (χ0v) is 20.2. The molecule has 2 atom stereocenters. The van der Waals surface area contributed by atoms with E-state index in [0.29, 0.717) is 45.8 Å². The molecule has 0 N–H and O–H groups in total. The highest BCUT2D eigenvalue weighted by Crippen LogP contribution is 2.29. The highest BCUT2D eigenvalue weighted by molar-refractivity contribution is 5.79. The minimum atomic E-state index is -0.386. The van der Waals surface area contributed by atoms with E-state index in [0.717, 1.165) is 41.3 Å². The van der Waals surface area contributed by atoms with Gasteiger partial charge < -0.3 is 14.5 Å². The number of carbonyl (C=O) groups is 1. The van der Waals surface area contributed by atoms with Gasteiger partial charge in [0.1, 0.15) is 11.6 Å². The van der Waals surface area contributed by atoms with Crippen LogP contribution in [-0.4, -0.2) is 65.1 Å². The van der Waals surface area contributed by atoms with Crippen molar-refractivity contribution >= 4 is 17.4 Å². The topological polar surface area (TPSA) is 102 Å². The first-order valence-electron chi connectivity index (χ1n) is 12.1. The summed E-state index contributed by atoms with van der Waals surface area (Å²) < 4.78 is 5.40. The van der Waals surface area contributed by atoms with Crippen LogP contribution in [0.5, 0.6) is 0 Å². The average Bonchev–Trinajstić information content (AvgIpc) is 3.39. The number of benzene rings is 1. The number of hydrogen-bond donors (Lipinski definition) is 0. The third-order valence-corrected chi connectivity index (χ3v) is 6.96. The van der Waals surface area contributed by atoms with Gasteiger partial charge in [-0.1, -0.05) is 26.0 Å². The number of nitro groups is 1. The second-order valence-electron chi connectivity index (χ2n) is 9.25. The summed E-state index contributed by atoms with van der Waals surface area (Å²) in [4.78, 5) is 37.5. The Kier molecular flexibility index (Phi) is 7.41. The van der Waals surface area contributed by atoms with Gasteiger partial charge in [-0.25, -0.2) is 9.97 Å². The highest BCUT2D eigenvalue weighted by Gasteiger charge is 2.31. The van der Waals surface area contributed by atoms with Crippen LogP contribution >= 0.6 is 0 Å². The molecule has 0 unspecified atom stereocenters. The predicted molar refractivity (Wildman–Crippen MR) is 129 cm³/mol. The lowest BCUT2D eigenvalue weighted by atomic mass is 10.0. The Balaban J connectivity index is 1.57. The Morgan fingerprint density at radius 1 is 1.21 bits per heavy atom. The molecular formula is C25H33N5O4. The number of hydrogen-bond acceptors (Lipinski definition) is 7. The SMILES string of the molecule is CC[C@H](C)c1nc(C)c(Cc2ccc([N+](=O)[O-])cc2)c(N2CCN(C(=O)[C@H]3CCOC3)CC2)n1. The minimum absolute atomic E-state index is 0.0115. The highest BCUT2D eigenvalue weighted by atomic mass is 16.6. The van der Waals surface area contributed by atoms with Gasteiger partial charge >= 0.3 is 0 Å². The van der Waals surface area contributed by atoms with Crippen molar-refractivity contribution in [3.63, 3.8) is 0 Å². The number of anilines is 1. The molecule has 182 valence electrons. The third-order valence-electron chi connectivity index (χ3n) is 6.96. The number of piperazine rings is 1. The zero-order valence-electron chi connectivity index (χ0n) is 20.2. The van der Waals surface area contributed by atoms with Crippen LogP contribution < -0.4 is 4.90 Å². The Hall–Kier alpha value is -3.07. The normalized spacial score (nSPS) is 19.3. The molecule has 9 nitrogen and oxygen atoms in total. The molecule has 9 heteroatoms. The first kappa shape index (κ1) is 24.1. The molecule has 3 heterocycles. The summed E-state index contributed by atoms with van der Waals surface area (Å²) in [5, 5.41) is 11.0. The molecule has 1 amide bonds. The number of amides is 1. The number of non-ortho nitro benzene ring substituents is 1. The van der Waals surface area contributed by atoms with Gasteiger partial charge in [-0.05, 0) is 25.3 Å². The molecule has 2 fully saturated rings. The van der Waals surface area contributed by atoms with E-state index in [1.165, 1.54) is 12.1 Å². The average molecular weight is 468 g/mol. The monoisotopic (exact) mass is 467 g/mol. The summed E-state index contributed by atoms with van der Waals surface area (Å²) in [6.45, 7) is 10.2. The first-order chi connectivity index (χ1) is 16.4. The molecule has 0 saturated carbocycles. The van der Waals surface area contributed by atoms with Gasteiger partial charge in [-0.15, -0.1) is 0 Å². The number of nitrogens with zero attached hydrogens (tertiary/aromatic N) is 5. The van der Waals surface area contributed by atoms with Crippen molar-refractivity contribution in [3.8, 4) is 0 Å². The molecule has 2 aliphatic heterocycles. The van der Waals surface area contributed by atoms with Crippen LogP contribution in [0.1, 0.15) is 55.3 Å². The smallest absolute Gasteiger partial charge is 0.269 e. The maximum absolute atomic E-state index is 12.8. The second-order valence-corrected chi connectivity index (χ2v) is 9.25. The molecule has 1 aromatic heterocycles. The van der Waals surface area contributed by atoms with Crippen LogP contribution in [0.3, 0.4) is 0 Å². The number of carbonyl (C=O) groups excluding carboxylic acids is 1. The summed E-state index contributed by atoms with van der Waals surface area (Å²) in [5.41, 5.74) is 3.02. The Morgan fingerprint density at radius 3 is 2.50 bits per heavy atom. The summed E-state index contributed by atoms with van der Waals surface area (Å²) >= 11 is 0. The first-order valence-corrected chi connectivity index (χ1v) is 12.1. The van der Waals surface area contributed by atoms with E-state index in [1.54, 1.807) is 12.1 Å². The minimum Gasteiger partial charge on any atom is -0.381 e. The lowest BCUT2D eigenvalue weighted by Gasteiger charge is -2.37. The van der Waals surface area contributed by atoms with Crippen molar-refractivity contribution in [3.05, 3.63) is 57.0 Å². The van der Waals surface area contributed by atoms with Crippen LogP contribution in [0.25, 0.3) is 0 Å². The van der Waals surface area contributed by atoms with Crippen LogP contribution in [0, 0.1) is 23.0 Å². The molecular weight excluding hydrogens is 434 g/mol. The van der Waals surface area contributed by atoms with Crippen LogP contribution in [-0.2, 0) is 16.0 Å². The fourth-order valence-electron chi connectivity index (χ4n) is 4.54. The van der Waals surface area contributed by atoms with Crippen LogP contribution in [0.4, 0.5) is 11.5 Å². The van der Waals surface area contributed by atoms with Crippen molar-refractivity contribution in [1.29, 1.82) is 0 Å². The molecule has 2 aromatic rings. The molecule has 0 radical (unpaired) electrons. The molecule has 1 aromatic carbocycles. The van der Waals surface area contributed by atoms with E-state index in [2.05, 4.69) is 18.7 Å². The summed E-state index contributed by atoms with van der Waals surface area (Å²) in [6, 6.07) is 6.67. The number of aromatic nitrogens is 2. The van der Waals surface area contributed by atoms with E-state index in [1.807, 2.05) is 11.8 Å². The maximum Gasteiger partial charge on any atom is 0.269 e. The van der Waals surface area contributed by atoms with E-state index in [4.69, 9.17) is 14.7 Å². The zero-order chi connectivity index (χ0) is 24.2. The molecule has 2 aliphatic rings. The quantitative estimate of drug-likeness (QED) is 0.454. The van der Waals surface area contributed by atoms with Crippen molar-refractivity contribution in [2.45, 2.75) is 46.0 Å². The lowest BCUT2D eigenvalue weighted by molar-refractivity contribution is -0.384. The Bertz CT molecular complexity index is 1030. The Labute approximate surface area is 200 Å². The van der Waals surface area contributed by atoms with Gasteiger partial charge in [0, 0.05) is 68.5 Å².